The average molecular weight is 389 g/mol. The van der Waals surface area contributed by atoms with Crippen molar-refractivity contribution in [2.75, 3.05) is 6.61 Å². The van der Waals surface area contributed by atoms with E-state index < -0.39 is 0 Å². The van der Waals surface area contributed by atoms with E-state index >= 15 is 0 Å². The third kappa shape index (κ3) is 3.81. The van der Waals surface area contributed by atoms with Crippen molar-refractivity contribution in [2.24, 2.45) is 0 Å². The van der Waals surface area contributed by atoms with Crippen molar-refractivity contribution in [1.82, 2.24) is 0 Å². The van der Waals surface area contributed by atoms with Crippen LogP contribution in [-0.4, -0.2) is 17.2 Å². The van der Waals surface area contributed by atoms with Crippen molar-refractivity contribution in [2.45, 2.75) is 37.1 Å². The van der Waals surface area contributed by atoms with Gasteiger partial charge in [0.25, 0.3) is 0 Å². The predicted molar refractivity (Wildman–Crippen MR) is 98.1 cm³/mol. The third-order valence-corrected chi connectivity index (χ3v) is 5.48. The van der Waals surface area contributed by atoms with Crippen LogP contribution in [0.5, 0.6) is 11.5 Å². The van der Waals surface area contributed by atoms with Crippen molar-refractivity contribution in [3.63, 3.8) is 0 Å². The highest BCUT2D eigenvalue weighted by molar-refractivity contribution is 9.10. The van der Waals surface area contributed by atoms with Crippen molar-refractivity contribution in [3.8, 4) is 11.5 Å². The molecule has 0 aliphatic carbocycles. The largest absolute Gasteiger partial charge is 0.493 e. The van der Waals surface area contributed by atoms with Crippen LogP contribution in [0.3, 0.4) is 0 Å². The van der Waals surface area contributed by atoms with Gasteiger partial charge in [-0.05, 0) is 23.6 Å². The van der Waals surface area contributed by atoms with E-state index in [2.05, 4.69) is 15.9 Å². The molecule has 0 aromatic heterocycles. The summed E-state index contributed by atoms with van der Waals surface area (Å²) in [6, 6.07) is 16.0. The van der Waals surface area contributed by atoms with E-state index in [1.165, 1.54) is 0 Å². The monoisotopic (exact) mass is 388 g/mol. The number of benzene rings is 2. The molecule has 0 radical (unpaired) electrons. The molecule has 3 nitrogen and oxygen atoms in total. The Balaban J connectivity index is 1.74. The molecule has 0 bridgehead atoms. The predicted octanol–water partition coefficient (Wildman–Crippen LogP) is 4.87. The molecule has 4 heteroatoms. The van der Waals surface area contributed by atoms with Gasteiger partial charge in [-0.1, -0.05) is 59.3 Å². The van der Waals surface area contributed by atoms with Crippen LogP contribution in [0.4, 0.5) is 0 Å². The highest BCUT2D eigenvalue weighted by Crippen LogP contribution is 2.40. The number of alkyl halides is 1. The number of Topliss-reactive ketones (excluding diaryl/α,β-unsaturated/α-hetero) is 1. The van der Waals surface area contributed by atoms with Gasteiger partial charge >= 0.3 is 0 Å². The van der Waals surface area contributed by atoms with E-state index in [4.69, 9.17) is 9.47 Å². The Bertz CT molecular complexity index is 699. The maximum Gasteiger partial charge on any atom is 0.146 e. The zero-order valence-corrected chi connectivity index (χ0v) is 15.3. The standard InChI is InChI=1S/C20H21BrO3/c1-2-18(22)20(21)17-10-11-23-19-12-15(8-9-16(17)19)24-13-14-6-4-3-5-7-14/h3-9,12,17,20H,2,10-11,13H2,1H3/t17-,20?/m1/s1. The van der Waals surface area contributed by atoms with Crippen molar-refractivity contribution >= 4 is 21.7 Å². The number of hydrogen-bond acceptors (Lipinski definition) is 3. The fourth-order valence-corrected chi connectivity index (χ4v) is 3.82. The fraction of sp³-hybridized carbons (Fsp3) is 0.350. The second-order valence-corrected chi connectivity index (χ2v) is 6.93. The quantitative estimate of drug-likeness (QED) is 0.661. The van der Waals surface area contributed by atoms with Crippen LogP contribution in [0.15, 0.2) is 48.5 Å². The maximum atomic E-state index is 12.0. The van der Waals surface area contributed by atoms with Gasteiger partial charge in [-0.25, -0.2) is 0 Å². The molecule has 1 unspecified atom stereocenters. The summed E-state index contributed by atoms with van der Waals surface area (Å²) < 4.78 is 11.7. The summed E-state index contributed by atoms with van der Waals surface area (Å²) in [5.41, 5.74) is 2.21. The summed E-state index contributed by atoms with van der Waals surface area (Å²) in [5.74, 6) is 2.00. The minimum absolute atomic E-state index is 0.152. The first-order chi connectivity index (χ1) is 11.7. The molecule has 2 aromatic rings. The Morgan fingerprint density at radius 1 is 1.29 bits per heavy atom. The summed E-state index contributed by atoms with van der Waals surface area (Å²) in [6.45, 7) is 3.05. The molecule has 2 aromatic carbocycles. The number of hydrogen-bond donors (Lipinski definition) is 0. The van der Waals surface area contributed by atoms with Crippen LogP contribution >= 0.6 is 15.9 Å². The van der Waals surface area contributed by atoms with E-state index in [0.717, 1.165) is 29.0 Å². The molecule has 0 N–H and O–H groups in total. The summed E-state index contributed by atoms with van der Waals surface area (Å²) in [4.78, 5) is 11.9. The van der Waals surface area contributed by atoms with E-state index in [1.807, 2.05) is 55.5 Å². The van der Waals surface area contributed by atoms with Gasteiger partial charge in [0.15, 0.2) is 0 Å². The summed E-state index contributed by atoms with van der Waals surface area (Å²) >= 11 is 3.58. The molecule has 1 aliphatic heterocycles. The molecule has 0 saturated carbocycles. The molecular weight excluding hydrogens is 368 g/mol. The first-order valence-corrected chi connectivity index (χ1v) is 9.21. The Kier molecular flexibility index (Phi) is 5.56. The Morgan fingerprint density at radius 3 is 2.83 bits per heavy atom. The topological polar surface area (TPSA) is 35.5 Å². The molecule has 1 aliphatic rings. The lowest BCUT2D eigenvalue weighted by Gasteiger charge is -2.29. The van der Waals surface area contributed by atoms with Crippen LogP contribution in [-0.2, 0) is 11.4 Å². The molecular formula is C20H21BrO3. The number of ketones is 1. The van der Waals surface area contributed by atoms with Crippen molar-refractivity contribution < 1.29 is 14.3 Å². The normalized spacial score (nSPS) is 17.5. The molecule has 1 heterocycles. The van der Waals surface area contributed by atoms with Gasteiger partial charge in [-0.3, -0.25) is 4.79 Å². The minimum atomic E-state index is -0.152. The highest BCUT2D eigenvalue weighted by Gasteiger charge is 2.31. The number of rotatable bonds is 6. The first-order valence-electron chi connectivity index (χ1n) is 8.29. The Labute approximate surface area is 151 Å². The van der Waals surface area contributed by atoms with Crippen LogP contribution in [0.1, 0.15) is 36.8 Å². The second-order valence-electron chi connectivity index (χ2n) is 5.94. The second kappa shape index (κ2) is 7.84. The molecule has 3 rings (SSSR count). The number of carbonyl (C=O) groups is 1. The maximum absolute atomic E-state index is 12.0. The molecule has 0 amide bonds. The molecule has 24 heavy (non-hydrogen) atoms. The van der Waals surface area contributed by atoms with Gasteiger partial charge in [-0.2, -0.15) is 0 Å². The number of carbonyl (C=O) groups excluding carboxylic acids is 1. The molecule has 2 atom stereocenters. The third-order valence-electron chi connectivity index (χ3n) is 4.33. The van der Waals surface area contributed by atoms with E-state index in [0.29, 0.717) is 19.6 Å². The lowest BCUT2D eigenvalue weighted by molar-refractivity contribution is -0.118. The zero-order chi connectivity index (χ0) is 16.9. The summed E-state index contributed by atoms with van der Waals surface area (Å²) in [5, 5.41) is 0. The zero-order valence-electron chi connectivity index (χ0n) is 13.7. The molecule has 126 valence electrons. The van der Waals surface area contributed by atoms with Gasteiger partial charge in [0, 0.05) is 18.4 Å². The number of fused-ring (bicyclic) bond motifs is 1. The molecule has 0 saturated heterocycles. The van der Waals surface area contributed by atoms with Crippen molar-refractivity contribution in [1.29, 1.82) is 0 Å². The van der Waals surface area contributed by atoms with Gasteiger partial charge in [-0.15, -0.1) is 0 Å². The lowest BCUT2D eigenvalue weighted by Crippen LogP contribution is -2.27. The number of halogens is 1. The summed E-state index contributed by atoms with van der Waals surface area (Å²) in [6.07, 6.45) is 1.39. The highest BCUT2D eigenvalue weighted by atomic mass is 79.9. The van der Waals surface area contributed by atoms with Gasteiger partial charge in [0.05, 0.1) is 11.4 Å². The van der Waals surface area contributed by atoms with Gasteiger partial charge < -0.3 is 9.47 Å². The average Bonchev–Trinajstić information content (AvgIpc) is 2.65. The first kappa shape index (κ1) is 17.0. The van der Waals surface area contributed by atoms with Crippen LogP contribution in [0.2, 0.25) is 0 Å². The van der Waals surface area contributed by atoms with Gasteiger partial charge in [0.1, 0.15) is 23.9 Å². The smallest absolute Gasteiger partial charge is 0.146 e. The van der Waals surface area contributed by atoms with E-state index in [-0.39, 0.29) is 16.5 Å². The summed E-state index contributed by atoms with van der Waals surface area (Å²) in [7, 11) is 0. The Hall–Kier alpha value is -1.81. The fourth-order valence-electron chi connectivity index (χ4n) is 2.95. The Morgan fingerprint density at radius 2 is 2.08 bits per heavy atom. The van der Waals surface area contributed by atoms with Crippen LogP contribution in [0, 0.1) is 0 Å². The van der Waals surface area contributed by atoms with Gasteiger partial charge in [0.2, 0.25) is 0 Å². The van der Waals surface area contributed by atoms with Crippen molar-refractivity contribution in [3.05, 3.63) is 59.7 Å². The minimum Gasteiger partial charge on any atom is -0.493 e. The SMILES string of the molecule is CCC(=O)C(Br)[C@@H]1CCOc2cc(OCc3ccccc3)ccc21. The van der Waals surface area contributed by atoms with E-state index in [1.54, 1.807) is 0 Å². The molecule has 0 fully saturated rings. The van der Waals surface area contributed by atoms with E-state index in [9.17, 15) is 4.79 Å². The van der Waals surface area contributed by atoms with Crippen LogP contribution < -0.4 is 9.47 Å². The lowest BCUT2D eigenvalue weighted by atomic mass is 9.88. The number of ether oxygens (including phenoxy) is 2. The molecule has 0 spiro atoms. The van der Waals surface area contributed by atoms with Crippen LogP contribution in [0.25, 0.3) is 0 Å².